The van der Waals surface area contributed by atoms with Gasteiger partial charge in [0.05, 0.1) is 20.6 Å². The van der Waals surface area contributed by atoms with E-state index < -0.39 is 5.97 Å². The van der Waals surface area contributed by atoms with E-state index in [9.17, 15) is 9.90 Å². The smallest absolute Gasteiger partial charge is 0.0957 e. The molecule has 1 N–H and O–H groups in total. The molecule has 0 saturated heterocycles. The molecule has 0 heterocycles. The highest BCUT2D eigenvalue weighted by Gasteiger charge is 2.13. The van der Waals surface area contributed by atoms with Crippen molar-refractivity contribution in [2.24, 2.45) is 0 Å². The number of rotatable bonds is 19. The Morgan fingerprint density at radius 2 is 1.16 bits per heavy atom. The van der Waals surface area contributed by atoms with Gasteiger partial charge in [0, 0.05) is 18.9 Å². The first-order valence-corrected chi connectivity index (χ1v) is 10.8. The first-order chi connectivity index (χ1) is 12.0. The zero-order valence-electron chi connectivity index (χ0n) is 17.3. The van der Waals surface area contributed by atoms with Crippen LogP contribution in [0.5, 0.6) is 0 Å². The van der Waals surface area contributed by atoms with Gasteiger partial charge in [-0.05, 0) is 12.8 Å². The van der Waals surface area contributed by atoms with Crippen LogP contribution in [-0.2, 0) is 4.79 Å². The number of carboxylic acid groups (broad SMARTS) is 1. The molecule has 0 atom stereocenters. The summed E-state index contributed by atoms with van der Waals surface area (Å²) >= 11 is 0. The number of aliphatic carboxylic acids is 1. The zero-order chi connectivity index (χ0) is 18.8. The lowest BCUT2D eigenvalue weighted by atomic mass is 10.0. The largest absolute Gasteiger partial charge is 0.550 e. The van der Waals surface area contributed by atoms with Crippen LogP contribution in [0.15, 0.2) is 0 Å². The van der Waals surface area contributed by atoms with Crippen molar-refractivity contribution in [3.05, 3.63) is 0 Å². The van der Waals surface area contributed by atoms with Gasteiger partial charge >= 0.3 is 0 Å². The lowest BCUT2D eigenvalue weighted by Crippen LogP contribution is -2.53. The monoisotopic (exact) mass is 356 g/mol. The summed E-state index contributed by atoms with van der Waals surface area (Å²) in [5.41, 5.74) is 3.25. The van der Waals surface area contributed by atoms with E-state index in [0.717, 1.165) is 6.54 Å². The summed E-state index contributed by atoms with van der Waals surface area (Å²) in [6.45, 7) is 3.80. The summed E-state index contributed by atoms with van der Waals surface area (Å²) in [5, 5.41) is 10.4. The highest BCUT2D eigenvalue weighted by molar-refractivity contribution is 5.64. The third-order valence-corrected chi connectivity index (χ3v) is 4.94. The molecular formula is C21H44N2O2. The van der Waals surface area contributed by atoms with Crippen LogP contribution in [0.4, 0.5) is 0 Å². The number of unbranched alkanes of at least 4 members (excludes halogenated alkanes) is 13. The van der Waals surface area contributed by atoms with Crippen molar-refractivity contribution >= 4 is 5.97 Å². The van der Waals surface area contributed by atoms with E-state index >= 15 is 0 Å². The molecule has 0 radical (unpaired) electrons. The number of carboxylic acids is 1. The van der Waals surface area contributed by atoms with Crippen LogP contribution in [0.2, 0.25) is 0 Å². The average Bonchev–Trinajstić information content (AvgIpc) is 2.54. The first kappa shape index (κ1) is 24.4. The molecule has 0 rings (SSSR count). The van der Waals surface area contributed by atoms with Crippen molar-refractivity contribution in [1.29, 1.82) is 0 Å². The molecule has 0 aromatic rings. The Bertz CT molecular complexity index is 306. The van der Waals surface area contributed by atoms with Crippen LogP contribution in [0.25, 0.3) is 0 Å². The highest BCUT2D eigenvalue weighted by Crippen LogP contribution is 2.13. The number of carbonyl (C=O) groups excluding carboxylic acids is 1. The standard InChI is InChI=1S/C21H44N2O2/c1-4-5-6-7-8-9-10-11-12-13-14-15-16-17-20-23(2,3)22-19-18-21(24)25/h22H,4-20H2,1-3H3. The third kappa shape index (κ3) is 19.6. The van der Waals surface area contributed by atoms with Gasteiger partial charge in [-0.15, -0.1) is 0 Å². The van der Waals surface area contributed by atoms with E-state index in [-0.39, 0.29) is 6.42 Å². The molecule has 0 aliphatic carbocycles. The molecule has 150 valence electrons. The maximum absolute atomic E-state index is 10.4. The van der Waals surface area contributed by atoms with E-state index in [1.807, 2.05) is 0 Å². The van der Waals surface area contributed by atoms with Gasteiger partial charge in [0.25, 0.3) is 0 Å². The second-order valence-corrected chi connectivity index (χ2v) is 8.03. The second kappa shape index (κ2) is 16.8. The van der Waals surface area contributed by atoms with Crippen LogP contribution in [-0.4, -0.2) is 37.7 Å². The minimum absolute atomic E-state index is 0.0837. The average molecular weight is 357 g/mol. The van der Waals surface area contributed by atoms with Gasteiger partial charge in [-0.3, -0.25) is 4.59 Å². The Kier molecular flexibility index (Phi) is 16.4. The Balaban J connectivity index is 3.26. The Morgan fingerprint density at radius 3 is 1.56 bits per heavy atom. The summed E-state index contributed by atoms with van der Waals surface area (Å²) in [6, 6.07) is 0. The fraction of sp³-hybridized carbons (Fsp3) is 0.952. The van der Waals surface area contributed by atoms with Gasteiger partial charge < -0.3 is 9.90 Å². The van der Waals surface area contributed by atoms with Gasteiger partial charge in [0.1, 0.15) is 0 Å². The number of quaternary nitrogens is 1. The number of nitrogens with one attached hydrogen (secondary N) is 1. The zero-order valence-corrected chi connectivity index (χ0v) is 17.3. The van der Waals surface area contributed by atoms with Gasteiger partial charge in [-0.1, -0.05) is 84.0 Å². The molecule has 0 aromatic carbocycles. The van der Waals surface area contributed by atoms with Crippen molar-refractivity contribution in [2.45, 2.75) is 103 Å². The topological polar surface area (TPSA) is 52.2 Å². The van der Waals surface area contributed by atoms with Gasteiger partial charge in [-0.25, -0.2) is 0 Å². The van der Waals surface area contributed by atoms with E-state index in [1.54, 1.807) is 0 Å². The Hall–Kier alpha value is -0.610. The highest BCUT2D eigenvalue weighted by atomic mass is 16.4. The number of nitrogens with zero attached hydrogens (tertiary/aromatic N) is 1. The van der Waals surface area contributed by atoms with Crippen molar-refractivity contribution in [3.63, 3.8) is 0 Å². The molecule has 4 heteroatoms. The predicted molar refractivity (Wildman–Crippen MR) is 105 cm³/mol. The van der Waals surface area contributed by atoms with Crippen molar-refractivity contribution in [1.82, 2.24) is 5.43 Å². The minimum Gasteiger partial charge on any atom is -0.550 e. The summed E-state index contributed by atoms with van der Waals surface area (Å²) in [5.74, 6) is -0.982. The molecule has 0 aromatic heterocycles. The molecule has 25 heavy (non-hydrogen) atoms. The van der Waals surface area contributed by atoms with E-state index in [4.69, 9.17) is 0 Å². The summed E-state index contributed by atoms with van der Waals surface area (Å²) in [7, 11) is 4.19. The van der Waals surface area contributed by atoms with Crippen LogP contribution in [0.3, 0.4) is 0 Å². The van der Waals surface area contributed by atoms with Gasteiger partial charge in [0.2, 0.25) is 0 Å². The van der Waals surface area contributed by atoms with Crippen molar-refractivity contribution in [2.75, 3.05) is 27.2 Å². The molecule has 0 fully saturated rings. The van der Waals surface area contributed by atoms with E-state index in [1.165, 1.54) is 89.9 Å². The van der Waals surface area contributed by atoms with E-state index in [0.29, 0.717) is 11.1 Å². The summed E-state index contributed by atoms with van der Waals surface area (Å²) < 4.78 is 0.686. The van der Waals surface area contributed by atoms with Crippen LogP contribution >= 0.6 is 0 Å². The molecular weight excluding hydrogens is 312 g/mol. The fourth-order valence-corrected chi connectivity index (χ4v) is 3.24. The molecule has 0 aliphatic heterocycles. The summed E-state index contributed by atoms with van der Waals surface area (Å²) in [4.78, 5) is 10.4. The quantitative estimate of drug-likeness (QED) is 0.214. The van der Waals surface area contributed by atoms with Crippen molar-refractivity contribution in [3.8, 4) is 0 Å². The molecule has 0 bridgehead atoms. The Morgan fingerprint density at radius 1 is 0.760 bits per heavy atom. The first-order valence-electron chi connectivity index (χ1n) is 10.8. The molecule has 0 spiro atoms. The fourth-order valence-electron chi connectivity index (χ4n) is 3.24. The third-order valence-electron chi connectivity index (χ3n) is 4.94. The normalized spacial score (nSPS) is 11.8. The lowest BCUT2D eigenvalue weighted by molar-refractivity contribution is -0.934. The summed E-state index contributed by atoms with van der Waals surface area (Å²) in [6.07, 6.45) is 19.4. The van der Waals surface area contributed by atoms with Crippen LogP contribution in [0.1, 0.15) is 103 Å². The van der Waals surface area contributed by atoms with E-state index in [2.05, 4.69) is 26.4 Å². The SMILES string of the molecule is CCCCCCCCCCCCCCCC[N+](C)(C)NCCC(=O)[O-]. The van der Waals surface area contributed by atoms with Crippen molar-refractivity contribution < 1.29 is 14.5 Å². The lowest BCUT2D eigenvalue weighted by Gasteiger charge is -2.29. The minimum atomic E-state index is -0.982. The number of hydrogen-bond donors (Lipinski definition) is 1. The van der Waals surface area contributed by atoms with Gasteiger partial charge in [-0.2, -0.15) is 5.43 Å². The van der Waals surface area contributed by atoms with Gasteiger partial charge in [0.15, 0.2) is 0 Å². The maximum atomic E-state index is 10.4. The Labute approximate surface area is 156 Å². The number of carbonyl (C=O) groups is 1. The number of hydrogen-bond acceptors (Lipinski definition) is 3. The molecule has 0 saturated carbocycles. The molecule has 4 nitrogen and oxygen atoms in total. The molecule has 0 unspecified atom stereocenters. The maximum Gasteiger partial charge on any atom is 0.0957 e. The predicted octanol–water partition coefficient (Wildman–Crippen LogP) is 4.19. The second-order valence-electron chi connectivity index (χ2n) is 8.03. The van der Waals surface area contributed by atoms with Crippen LogP contribution in [0, 0.1) is 0 Å². The molecule has 0 aliphatic rings. The molecule has 0 amide bonds. The van der Waals surface area contributed by atoms with Crippen LogP contribution < -0.4 is 10.5 Å².